The second-order valence-corrected chi connectivity index (χ2v) is 5.93. The van der Waals surface area contributed by atoms with Gasteiger partial charge in [-0.05, 0) is 49.3 Å². The van der Waals surface area contributed by atoms with Crippen molar-refractivity contribution in [2.24, 2.45) is 0 Å². The number of para-hydroxylation sites is 2. The van der Waals surface area contributed by atoms with E-state index in [-0.39, 0.29) is 0 Å². The van der Waals surface area contributed by atoms with Crippen molar-refractivity contribution < 1.29 is 4.74 Å². The van der Waals surface area contributed by atoms with E-state index in [1.165, 1.54) is 16.8 Å². The average Bonchev–Trinajstić information content (AvgIpc) is 2.64. The number of fused-ring (bicyclic) bond motifs is 1. The summed E-state index contributed by atoms with van der Waals surface area (Å²) in [5, 5.41) is 0. The molecule has 0 amide bonds. The molecule has 126 valence electrons. The smallest absolute Gasteiger partial charge is 0.130 e. The molecule has 0 unspecified atom stereocenters. The van der Waals surface area contributed by atoms with Crippen LogP contribution in [-0.2, 0) is 0 Å². The lowest BCUT2D eigenvalue weighted by atomic mass is 9.99. The molecule has 1 heterocycles. The molecule has 2 heteroatoms. The Kier molecular flexibility index (Phi) is 5.20. The Morgan fingerprint density at radius 1 is 1.12 bits per heavy atom. The summed E-state index contributed by atoms with van der Waals surface area (Å²) >= 11 is 0. The van der Waals surface area contributed by atoms with Gasteiger partial charge >= 0.3 is 0 Å². The molecule has 0 saturated heterocycles. The third-order valence-electron chi connectivity index (χ3n) is 4.19. The van der Waals surface area contributed by atoms with E-state index in [0.717, 1.165) is 17.9 Å². The Morgan fingerprint density at radius 3 is 2.68 bits per heavy atom. The summed E-state index contributed by atoms with van der Waals surface area (Å²) in [6.45, 7) is 9.12. The highest BCUT2D eigenvalue weighted by molar-refractivity contribution is 5.86. The monoisotopic (exact) mass is 329 g/mol. The van der Waals surface area contributed by atoms with Crippen LogP contribution in [-0.4, -0.2) is 6.54 Å². The number of anilines is 1. The maximum absolute atomic E-state index is 5.80. The van der Waals surface area contributed by atoms with Gasteiger partial charge in [-0.15, -0.1) is 0 Å². The normalized spacial score (nSPS) is 14.8. The fraction of sp³-hybridized carbons (Fsp3) is 0.130. The number of allylic oxidation sites excluding steroid dienone is 5. The van der Waals surface area contributed by atoms with E-state index in [2.05, 4.69) is 61.0 Å². The van der Waals surface area contributed by atoms with Gasteiger partial charge in [-0.3, -0.25) is 0 Å². The first kappa shape index (κ1) is 16.8. The van der Waals surface area contributed by atoms with Crippen LogP contribution in [0.4, 0.5) is 5.69 Å². The van der Waals surface area contributed by atoms with E-state index in [1.807, 2.05) is 43.3 Å². The molecule has 0 aromatic heterocycles. The van der Waals surface area contributed by atoms with Gasteiger partial charge in [-0.1, -0.05) is 55.1 Å². The average molecular weight is 329 g/mol. The topological polar surface area (TPSA) is 12.5 Å². The molecule has 0 atom stereocenters. The lowest BCUT2D eigenvalue weighted by molar-refractivity contribution is 0.443. The van der Waals surface area contributed by atoms with Gasteiger partial charge < -0.3 is 9.64 Å². The van der Waals surface area contributed by atoms with E-state index in [1.54, 1.807) is 0 Å². The molecule has 2 nitrogen and oxygen atoms in total. The first-order valence-corrected chi connectivity index (χ1v) is 8.54. The molecule has 0 spiro atoms. The second-order valence-electron chi connectivity index (χ2n) is 5.93. The minimum atomic E-state index is 0.620. The minimum Gasteiger partial charge on any atom is -0.458 e. The van der Waals surface area contributed by atoms with E-state index >= 15 is 0 Å². The molecule has 1 aliphatic rings. The molecule has 0 fully saturated rings. The summed E-state index contributed by atoms with van der Waals surface area (Å²) in [5.41, 5.74) is 4.75. The molecule has 2 aromatic carbocycles. The number of nitrogens with zero attached hydrogens (tertiary/aromatic N) is 1. The maximum atomic E-state index is 5.80. The van der Waals surface area contributed by atoms with Gasteiger partial charge in [0.1, 0.15) is 11.5 Å². The van der Waals surface area contributed by atoms with Gasteiger partial charge in [0.25, 0.3) is 0 Å². The van der Waals surface area contributed by atoms with E-state index in [0.29, 0.717) is 5.76 Å². The van der Waals surface area contributed by atoms with Gasteiger partial charge in [0, 0.05) is 24.0 Å². The zero-order valence-electron chi connectivity index (χ0n) is 14.8. The van der Waals surface area contributed by atoms with E-state index < -0.39 is 0 Å². The Bertz CT molecular complexity index is 858. The number of benzene rings is 2. The summed E-state index contributed by atoms with van der Waals surface area (Å²) in [7, 11) is 0. The minimum absolute atomic E-state index is 0.620. The van der Waals surface area contributed by atoms with Gasteiger partial charge in [-0.2, -0.15) is 0 Å². The molecule has 0 aliphatic carbocycles. The molecule has 0 radical (unpaired) electrons. The maximum Gasteiger partial charge on any atom is 0.130 e. The standard InChI is InChI=1S/C23H23NO/c1-4-24-17-16-20(21-13-6-7-14-22(21)24)12-9-11-19(3)25-23-15-8-5-10-18(23)2/h5-17H,3-4H2,1-2H3/b11-9+,20-12-. The number of ether oxygens (including phenoxy) is 1. The fourth-order valence-electron chi connectivity index (χ4n) is 2.83. The van der Waals surface area contributed by atoms with E-state index in [9.17, 15) is 0 Å². The van der Waals surface area contributed by atoms with Crippen molar-refractivity contribution in [3.63, 3.8) is 0 Å². The Hall–Kier alpha value is -3.00. The third kappa shape index (κ3) is 3.92. The molecular weight excluding hydrogens is 306 g/mol. The number of aryl methyl sites for hydroxylation is 1. The lowest BCUT2D eigenvalue weighted by Gasteiger charge is -2.26. The molecule has 1 aliphatic heterocycles. The summed E-state index contributed by atoms with van der Waals surface area (Å²) in [6, 6.07) is 16.4. The first-order chi connectivity index (χ1) is 12.2. The van der Waals surface area contributed by atoms with Crippen molar-refractivity contribution in [2.75, 3.05) is 11.4 Å². The van der Waals surface area contributed by atoms with Crippen molar-refractivity contribution in [3.05, 3.63) is 102 Å². The molecule has 3 rings (SSSR count). The van der Waals surface area contributed by atoms with Crippen LogP contribution in [0.3, 0.4) is 0 Å². The molecule has 2 aromatic rings. The van der Waals surface area contributed by atoms with Crippen LogP contribution in [0.25, 0.3) is 5.57 Å². The largest absolute Gasteiger partial charge is 0.458 e. The van der Waals surface area contributed by atoms with Crippen molar-refractivity contribution in [1.29, 1.82) is 0 Å². The SMILES string of the molecule is C=C(/C=C/C=C1/C=CN(CC)c2ccccc21)Oc1ccccc1C. The predicted octanol–water partition coefficient (Wildman–Crippen LogP) is 5.88. The number of hydrogen-bond donors (Lipinski definition) is 0. The first-order valence-electron chi connectivity index (χ1n) is 8.54. The van der Waals surface area contributed by atoms with Crippen LogP contribution >= 0.6 is 0 Å². The third-order valence-corrected chi connectivity index (χ3v) is 4.19. The van der Waals surface area contributed by atoms with Crippen molar-refractivity contribution in [3.8, 4) is 5.75 Å². The zero-order valence-corrected chi connectivity index (χ0v) is 14.8. The quantitative estimate of drug-likeness (QED) is 0.501. The van der Waals surface area contributed by atoms with E-state index in [4.69, 9.17) is 4.74 Å². The lowest BCUT2D eigenvalue weighted by Crippen LogP contribution is -2.18. The van der Waals surface area contributed by atoms with Gasteiger partial charge in [0.15, 0.2) is 0 Å². The number of hydrogen-bond acceptors (Lipinski definition) is 2. The van der Waals surface area contributed by atoms with Crippen LogP contribution in [0.2, 0.25) is 0 Å². The Balaban J connectivity index is 1.74. The van der Waals surface area contributed by atoms with Crippen LogP contribution in [0, 0.1) is 6.92 Å². The fourth-order valence-corrected chi connectivity index (χ4v) is 2.83. The molecule has 25 heavy (non-hydrogen) atoms. The molecular formula is C23H23NO. The summed E-state index contributed by atoms with van der Waals surface area (Å²) in [4.78, 5) is 2.25. The van der Waals surface area contributed by atoms with Gasteiger partial charge in [0.05, 0.1) is 0 Å². The molecule has 0 N–H and O–H groups in total. The van der Waals surface area contributed by atoms with Gasteiger partial charge in [0.2, 0.25) is 0 Å². The summed E-state index contributed by atoms with van der Waals surface area (Å²) < 4.78 is 5.80. The molecule has 0 bridgehead atoms. The van der Waals surface area contributed by atoms with Crippen LogP contribution in [0.5, 0.6) is 5.75 Å². The summed E-state index contributed by atoms with van der Waals surface area (Å²) in [6.07, 6.45) is 10.2. The Morgan fingerprint density at radius 2 is 1.88 bits per heavy atom. The van der Waals surface area contributed by atoms with Crippen molar-refractivity contribution >= 4 is 11.3 Å². The van der Waals surface area contributed by atoms with Crippen LogP contribution < -0.4 is 9.64 Å². The molecule has 0 saturated carbocycles. The highest BCUT2D eigenvalue weighted by atomic mass is 16.5. The van der Waals surface area contributed by atoms with Crippen molar-refractivity contribution in [2.45, 2.75) is 13.8 Å². The highest BCUT2D eigenvalue weighted by Gasteiger charge is 2.13. The predicted molar refractivity (Wildman–Crippen MR) is 107 cm³/mol. The van der Waals surface area contributed by atoms with Crippen LogP contribution in [0.1, 0.15) is 18.1 Å². The van der Waals surface area contributed by atoms with Gasteiger partial charge in [-0.25, -0.2) is 0 Å². The van der Waals surface area contributed by atoms with Crippen LogP contribution in [0.15, 0.2) is 91.4 Å². The Labute approximate surface area is 150 Å². The van der Waals surface area contributed by atoms with Crippen molar-refractivity contribution in [1.82, 2.24) is 0 Å². The number of rotatable bonds is 5. The zero-order chi connectivity index (χ0) is 17.6. The highest BCUT2D eigenvalue weighted by Crippen LogP contribution is 2.32. The second kappa shape index (κ2) is 7.71. The summed E-state index contributed by atoms with van der Waals surface area (Å²) in [5.74, 6) is 1.46.